The lowest BCUT2D eigenvalue weighted by molar-refractivity contribution is -0.122. The Bertz CT molecular complexity index is 474. The summed E-state index contributed by atoms with van der Waals surface area (Å²) in [5, 5.41) is 2.89. The predicted octanol–water partition coefficient (Wildman–Crippen LogP) is 1.32. The summed E-state index contributed by atoms with van der Waals surface area (Å²) >= 11 is 0. The summed E-state index contributed by atoms with van der Waals surface area (Å²) < 4.78 is 5.24. The van der Waals surface area contributed by atoms with Gasteiger partial charge in [0.1, 0.15) is 5.75 Å². The van der Waals surface area contributed by atoms with Crippen molar-refractivity contribution < 1.29 is 9.53 Å². The molecule has 0 saturated carbocycles. The lowest BCUT2D eigenvalue weighted by Crippen LogP contribution is -2.43. The van der Waals surface area contributed by atoms with E-state index in [2.05, 4.69) is 11.9 Å². The van der Waals surface area contributed by atoms with Crippen molar-refractivity contribution in [2.45, 2.75) is 18.5 Å². The third-order valence-electron chi connectivity index (χ3n) is 3.33. The molecular formula is C16H25N3O2. The second kappa shape index (κ2) is 8.44. The zero-order valence-corrected chi connectivity index (χ0v) is 13.0. The Hall–Kier alpha value is -1.85. The first kappa shape index (κ1) is 17.2. The molecule has 5 nitrogen and oxygen atoms in total. The van der Waals surface area contributed by atoms with Crippen LogP contribution in [0.15, 0.2) is 36.9 Å². The summed E-state index contributed by atoms with van der Waals surface area (Å²) in [6.07, 6.45) is 2.12. The van der Waals surface area contributed by atoms with Crippen LogP contribution in [-0.4, -0.2) is 44.6 Å². The number of methoxy groups -OCH3 is 1. The van der Waals surface area contributed by atoms with E-state index < -0.39 is 6.04 Å². The first-order valence-electron chi connectivity index (χ1n) is 6.94. The monoisotopic (exact) mass is 291 g/mol. The topological polar surface area (TPSA) is 67.6 Å². The van der Waals surface area contributed by atoms with Crippen LogP contribution in [-0.2, 0) is 4.79 Å². The molecule has 21 heavy (non-hydrogen) atoms. The van der Waals surface area contributed by atoms with Crippen LogP contribution in [0.4, 0.5) is 0 Å². The summed E-state index contributed by atoms with van der Waals surface area (Å²) in [6.45, 7) is 4.08. The van der Waals surface area contributed by atoms with E-state index in [4.69, 9.17) is 10.5 Å². The highest BCUT2D eigenvalue weighted by atomic mass is 16.5. The van der Waals surface area contributed by atoms with E-state index in [1.807, 2.05) is 43.3 Å². The summed E-state index contributed by atoms with van der Waals surface area (Å²) in [5.74, 6) is 0.638. The van der Waals surface area contributed by atoms with Gasteiger partial charge in [-0.3, -0.25) is 4.79 Å². The Morgan fingerprint density at radius 3 is 2.81 bits per heavy atom. The molecule has 3 N–H and O–H groups in total. The van der Waals surface area contributed by atoms with Crippen molar-refractivity contribution in [3.8, 4) is 5.75 Å². The number of carbonyl (C=O) groups is 1. The van der Waals surface area contributed by atoms with E-state index in [-0.39, 0.29) is 11.9 Å². The van der Waals surface area contributed by atoms with Crippen molar-refractivity contribution in [2.24, 2.45) is 5.73 Å². The molecule has 116 valence electrons. The number of hydrogen-bond donors (Lipinski definition) is 2. The molecule has 2 unspecified atom stereocenters. The van der Waals surface area contributed by atoms with E-state index in [1.54, 1.807) is 13.2 Å². The van der Waals surface area contributed by atoms with Gasteiger partial charge < -0.3 is 20.7 Å². The predicted molar refractivity (Wildman–Crippen MR) is 85.2 cm³/mol. The molecule has 0 aliphatic rings. The van der Waals surface area contributed by atoms with Gasteiger partial charge in [0.2, 0.25) is 5.91 Å². The fourth-order valence-electron chi connectivity index (χ4n) is 2.06. The standard InChI is InChI=1S/C16H25N3O2/c1-5-7-14(17)16(20)18-11-15(19(2)3)12-8-6-9-13(10-12)21-4/h5-6,8-10,14-15H,1,7,11,17H2,2-4H3,(H,18,20). The van der Waals surface area contributed by atoms with Gasteiger partial charge in [0.15, 0.2) is 0 Å². The number of amides is 1. The number of benzene rings is 1. The number of ether oxygens (including phenoxy) is 1. The first-order chi connectivity index (χ1) is 9.99. The van der Waals surface area contributed by atoms with Crippen molar-refractivity contribution in [3.05, 3.63) is 42.5 Å². The molecule has 2 atom stereocenters. The van der Waals surface area contributed by atoms with Gasteiger partial charge in [-0.15, -0.1) is 6.58 Å². The molecule has 0 heterocycles. The van der Waals surface area contributed by atoms with E-state index >= 15 is 0 Å². The number of hydrogen-bond acceptors (Lipinski definition) is 4. The van der Waals surface area contributed by atoms with Crippen LogP contribution < -0.4 is 15.8 Å². The van der Waals surface area contributed by atoms with Crippen molar-refractivity contribution in [2.75, 3.05) is 27.7 Å². The number of rotatable bonds is 8. The second-order valence-electron chi connectivity index (χ2n) is 5.13. The molecule has 1 amide bonds. The second-order valence-corrected chi connectivity index (χ2v) is 5.13. The van der Waals surface area contributed by atoms with Gasteiger partial charge in [0.05, 0.1) is 19.2 Å². The van der Waals surface area contributed by atoms with Crippen LogP contribution in [0.1, 0.15) is 18.0 Å². The zero-order valence-electron chi connectivity index (χ0n) is 13.0. The van der Waals surface area contributed by atoms with Crippen molar-refractivity contribution >= 4 is 5.91 Å². The van der Waals surface area contributed by atoms with Crippen molar-refractivity contribution in [3.63, 3.8) is 0 Å². The molecule has 1 rings (SSSR count). The van der Waals surface area contributed by atoms with Gasteiger partial charge in [-0.05, 0) is 38.2 Å². The maximum Gasteiger partial charge on any atom is 0.237 e. The SMILES string of the molecule is C=CCC(N)C(=O)NCC(c1cccc(OC)c1)N(C)C. The molecule has 1 aromatic carbocycles. The molecule has 0 aromatic heterocycles. The highest BCUT2D eigenvalue weighted by Gasteiger charge is 2.18. The Balaban J connectivity index is 2.74. The average molecular weight is 291 g/mol. The number of nitrogens with one attached hydrogen (secondary N) is 1. The van der Waals surface area contributed by atoms with Gasteiger partial charge in [0, 0.05) is 6.54 Å². The Morgan fingerprint density at radius 1 is 1.52 bits per heavy atom. The Morgan fingerprint density at radius 2 is 2.24 bits per heavy atom. The molecule has 0 spiro atoms. The highest BCUT2D eigenvalue weighted by Crippen LogP contribution is 2.22. The van der Waals surface area contributed by atoms with E-state index in [0.29, 0.717) is 13.0 Å². The molecule has 1 aromatic rings. The maximum absolute atomic E-state index is 11.9. The normalized spacial score (nSPS) is 13.6. The Kier molecular flexibility index (Phi) is 6.91. The maximum atomic E-state index is 11.9. The molecular weight excluding hydrogens is 266 g/mol. The minimum Gasteiger partial charge on any atom is -0.497 e. The molecule has 0 bridgehead atoms. The van der Waals surface area contributed by atoms with Crippen LogP contribution in [0, 0.1) is 0 Å². The fourth-order valence-corrected chi connectivity index (χ4v) is 2.06. The van der Waals surface area contributed by atoms with Crippen LogP contribution >= 0.6 is 0 Å². The average Bonchev–Trinajstić information content (AvgIpc) is 2.47. The smallest absolute Gasteiger partial charge is 0.237 e. The molecule has 0 radical (unpaired) electrons. The highest BCUT2D eigenvalue weighted by molar-refractivity contribution is 5.81. The van der Waals surface area contributed by atoms with E-state index in [1.165, 1.54) is 0 Å². The summed E-state index contributed by atoms with van der Waals surface area (Å²) in [6, 6.07) is 7.34. The number of nitrogens with zero attached hydrogens (tertiary/aromatic N) is 1. The van der Waals surface area contributed by atoms with Gasteiger partial charge in [0.25, 0.3) is 0 Å². The van der Waals surface area contributed by atoms with Crippen LogP contribution in [0.2, 0.25) is 0 Å². The zero-order chi connectivity index (χ0) is 15.8. The minimum absolute atomic E-state index is 0.0555. The number of likely N-dealkylation sites (N-methyl/N-ethyl adjacent to an activating group) is 1. The lowest BCUT2D eigenvalue weighted by Gasteiger charge is -2.26. The summed E-state index contributed by atoms with van der Waals surface area (Å²) in [5.41, 5.74) is 6.84. The van der Waals surface area contributed by atoms with Crippen LogP contribution in [0.3, 0.4) is 0 Å². The molecule has 0 aliphatic heterocycles. The molecule has 5 heteroatoms. The summed E-state index contributed by atoms with van der Waals surface area (Å²) in [4.78, 5) is 13.9. The number of carbonyl (C=O) groups excluding carboxylic acids is 1. The number of nitrogens with two attached hydrogens (primary N) is 1. The quantitative estimate of drug-likeness (QED) is 0.709. The largest absolute Gasteiger partial charge is 0.497 e. The third-order valence-corrected chi connectivity index (χ3v) is 3.33. The lowest BCUT2D eigenvalue weighted by atomic mass is 10.1. The van der Waals surface area contributed by atoms with Crippen LogP contribution in [0.25, 0.3) is 0 Å². The van der Waals surface area contributed by atoms with Gasteiger partial charge >= 0.3 is 0 Å². The van der Waals surface area contributed by atoms with Crippen LogP contribution in [0.5, 0.6) is 5.75 Å². The summed E-state index contributed by atoms with van der Waals surface area (Å²) in [7, 11) is 5.58. The van der Waals surface area contributed by atoms with Gasteiger partial charge in [-0.25, -0.2) is 0 Å². The van der Waals surface area contributed by atoms with Gasteiger partial charge in [-0.1, -0.05) is 18.2 Å². The first-order valence-corrected chi connectivity index (χ1v) is 6.94. The third kappa shape index (κ3) is 5.21. The molecule has 0 saturated heterocycles. The molecule has 0 fully saturated rings. The van der Waals surface area contributed by atoms with Crippen molar-refractivity contribution in [1.82, 2.24) is 10.2 Å². The Labute approximate surface area is 126 Å². The molecule has 0 aliphatic carbocycles. The van der Waals surface area contributed by atoms with E-state index in [0.717, 1.165) is 11.3 Å². The van der Waals surface area contributed by atoms with Crippen molar-refractivity contribution in [1.29, 1.82) is 0 Å². The fraction of sp³-hybridized carbons (Fsp3) is 0.438. The van der Waals surface area contributed by atoms with Gasteiger partial charge in [-0.2, -0.15) is 0 Å². The minimum atomic E-state index is -0.546. The van der Waals surface area contributed by atoms with E-state index in [9.17, 15) is 4.79 Å².